The van der Waals surface area contributed by atoms with Crippen molar-refractivity contribution in [3.63, 3.8) is 0 Å². The van der Waals surface area contributed by atoms with Gasteiger partial charge in [-0.15, -0.1) is 11.3 Å². The molecule has 0 atom stereocenters. The minimum Gasteiger partial charge on any atom is -0.476 e. The number of carboxylic acid groups (broad SMARTS) is 1. The molecule has 4 aromatic rings. The summed E-state index contributed by atoms with van der Waals surface area (Å²) in [7, 11) is 0. The molecule has 2 aromatic heterocycles. The van der Waals surface area contributed by atoms with Crippen molar-refractivity contribution in [2.45, 2.75) is 25.7 Å². The summed E-state index contributed by atoms with van der Waals surface area (Å²) in [6.07, 6.45) is 4.06. The average molecular weight is 433 g/mol. The van der Waals surface area contributed by atoms with Crippen molar-refractivity contribution < 1.29 is 14.7 Å². The number of hydrogen-bond acceptors (Lipinski definition) is 5. The number of hydrogen-bond donors (Lipinski definition) is 2. The number of aromatic nitrogens is 3. The maximum absolute atomic E-state index is 12.6. The molecule has 1 aliphatic rings. The molecule has 156 valence electrons. The Morgan fingerprint density at radius 3 is 2.58 bits per heavy atom. The smallest absolute Gasteiger partial charge is 0.355 e. The van der Waals surface area contributed by atoms with E-state index in [0.717, 1.165) is 47.8 Å². The Labute approximate surface area is 182 Å². The standard InChI is InChI=1S/C23H20N4O3S/c28-21(15-8-4-5-9-15)24-16-10-11-17-19(12-16)27(23-25-18(13-31-23)22(29)30)26-20(17)14-6-2-1-3-7-14/h1-3,6-7,10-13,15H,4-5,8-9H2,(H,24,28)(H,29,30). The highest BCUT2D eigenvalue weighted by molar-refractivity contribution is 7.12. The van der Waals surface area contributed by atoms with Gasteiger partial charge in [0.15, 0.2) is 5.69 Å². The number of nitrogens with zero attached hydrogens (tertiary/aromatic N) is 3. The van der Waals surface area contributed by atoms with E-state index in [1.807, 2.05) is 48.5 Å². The fourth-order valence-electron chi connectivity index (χ4n) is 4.04. The van der Waals surface area contributed by atoms with Crippen LogP contribution in [0.25, 0.3) is 27.3 Å². The van der Waals surface area contributed by atoms with Crippen LogP contribution in [0.1, 0.15) is 36.2 Å². The summed E-state index contributed by atoms with van der Waals surface area (Å²) in [4.78, 5) is 28.1. The minimum atomic E-state index is -1.08. The molecular weight excluding hydrogens is 412 g/mol. The van der Waals surface area contributed by atoms with E-state index >= 15 is 0 Å². The Kier molecular flexibility index (Phi) is 4.99. The summed E-state index contributed by atoms with van der Waals surface area (Å²) in [6, 6.07) is 15.5. The SMILES string of the molecule is O=C(O)c1csc(-n2nc(-c3ccccc3)c3ccc(NC(=O)C4CCCC4)cc32)n1. The maximum Gasteiger partial charge on any atom is 0.355 e. The molecule has 2 N–H and O–H groups in total. The summed E-state index contributed by atoms with van der Waals surface area (Å²) >= 11 is 1.22. The fraction of sp³-hybridized carbons (Fsp3) is 0.217. The second-order valence-corrected chi connectivity index (χ2v) is 8.49. The van der Waals surface area contributed by atoms with Gasteiger partial charge in [0.2, 0.25) is 11.0 Å². The van der Waals surface area contributed by atoms with E-state index in [2.05, 4.69) is 10.3 Å². The first-order chi connectivity index (χ1) is 15.1. The summed E-state index contributed by atoms with van der Waals surface area (Å²) in [5.74, 6) is -0.960. The van der Waals surface area contributed by atoms with Gasteiger partial charge < -0.3 is 10.4 Å². The van der Waals surface area contributed by atoms with E-state index in [-0.39, 0.29) is 17.5 Å². The first-order valence-corrected chi connectivity index (χ1v) is 11.1. The van der Waals surface area contributed by atoms with Gasteiger partial charge in [0, 0.05) is 27.9 Å². The number of carbonyl (C=O) groups excluding carboxylic acids is 1. The predicted octanol–water partition coefficient (Wildman–Crippen LogP) is 4.98. The minimum absolute atomic E-state index is 0.0180. The molecular formula is C23H20N4O3S. The molecule has 8 heteroatoms. The average Bonchev–Trinajstić information content (AvgIpc) is 3.53. The number of amides is 1. The van der Waals surface area contributed by atoms with Crippen LogP contribution in [0.5, 0.6) is 0 Å². The topological polar surface area (TPSA) is 97.1 Å². The lowest BCUT2D eigenvalue weighted by molar-refractivity contribution is -0.119. The molecule has 0 bridgehead atoms. The van der Waals surface area contributed by atoms with Gasteiger partial charge in [-0.05, 0) is 31.0 Å². The van der Waals surface area contributed by atoms with Crippen molar-refractivity contribution in [3.05, 3.63) is 59.6 Å². The first-order valence-electron chi connectivity index (χ1n) is 10.2. The zero-order valence-electron chi connectivity index (χ0n) is 16.6. The molecule has 0 aliphatic heterocycles. The summed E-state index contributed by atoms with van der Waals surface area (Å²) in [5, 5.41) is 19.9. The quantitative estimate of drug-likeness (QED) is 0.464. The number of fused-ring (bicyclic) bond motifs is 1. The molecule has 0 spiro atoms. The van der Waals surface area contributed by atoms with E-state index in [4.69, 9.17) is 5.10 Å². The number of aromatic carboxylic acids is 1. The van der Waals surface area contributed by atoms with Crippen molar-refractivity contribution in [3.8, 4) is 16.4 Å². The number of thiazole rings is 1. The van der Waals surface area contributed by atoms with Crippen LogP contribution in [-0.4, -0.2) is 31.7 Å². The van der Waals surface area contributed by atoms with Crippen LogP contribution in [0.15, 0.2) is 53.9 Å². The van der Waals surface area contributed by atoms with Crippen LogP contribution in [0, 0.1) is 5.92 Å². The Hall–Kier alpha value is -3.52. The normalized spacial score (nSPS) is 14.2. The van der Waals surface area contributed by atoms with Gasteiger partial charge in [-0.25, -0.2) is 14.5 Å². The Morgan fingerprint density at radius 2 is 1.87 bits per heavy atom. The largest absolute Gasteiger partial charge is 0.476 e. The van der Waals surface area contributed by atoms with Crippen molar-refractivity contribution in [1.82, 2.24) is 14.8 Å². The molecule has 2 aromatic carbocycles. The lowest BCUT2D eigenvalue weighted by Crippen LogP contribution is -2.20. The number of carboxylic acids is 1. The first kappa shape index (κ1) is 19.4. The third-order valence-electron chi connectivity index (χ3n) is 5.61. The molecule has 5 rings (SSSR count). The van der Waals surface area contributed by atoms with Gasteiger partial charge >= 0.3 is 5.97 Å². The van der Waals surface area contributed by atoms with Crippen molar-refractivity contribution in [1.29, 1.82) is 0 Å². The van der Waals surface area contributed by atoms with E-state index < -0.39 is 5.97 Å². The highest BCUT2D eigenvalue weighted by atomic mass is 32.1. The lowest BCUT2D eigenvalue weighted by atomic mass is 10.1. The van der Waals surface area contributed by atoms with Crippen molar-refractivity contribution in [2.24, 2.45) is 5.92 Å². The zero-order chi connectivity index (χ0) is 21.4. The third-order valence-corrected chi connectivity index (χ3v) is 6.43. The molecule has 0 saturated heterocycles. The Balaban J connectivity index is 1.60. The highest BCUT2D eigenvalue weighted by Gasteiger charge is 2.23. The molecule has 0 radical (unpaired) electrons. The Morgan fingerprint density at radius 1 is 1.10 bits per heavy atom. The summed E-state index contributed by atoms with van der Waals surface area (Å²) in [5.41, 5.74) is 3.16. The molecule has 1 fully saturated rings. The van der Waals surface area contributed by atoms with Gasteiger partial charge in [-0.2, -0.15) is 5.10 Å². The van der Waals surface area contributed by atoms with Gasteiger partial charge in [0.05, 0.1) is 5.52 Å². The van der Waals surface area contributed by atoms with Gasteiger partial charge in [-0.1, -0.05) is 43.2 Å². The predicted molar refractivity (Wildman–Crippen MR) is 120 cm³/mol. The van der Waals surface area contributed by atoms with E-state index in [0.29, 0.717) is 10.8 Å². The van der Waals surface area contributed by atoms with Gasteiger partial charge in [0.25, 0.3) is 0 Å². The maximum atomic E-state index is 12.6. The molecule has 1 aliphatic carbocycles. The number of rotatable bonds is 5. The van der Waals surface area contributed by atoms with Crippen LogP contribution < -0.4 is 5.32 Å². The molecule has 31 heavy (non-hydrogen) atoms. The van der Waals surface area contributed by atoms with E-state index in [1.54, 1.807) is 4.68 Å². The summed E-state index contributed by atoms with van der Waals surface area (Å²) in [6.45, 7) is 0. The van der Waals surface area contributed by atoms with Crippen LogP contribution in [-0.2, 0) is 4.79 Å². The second kappa shape index (κ2) is 7.96. The number of anilines is 1. The van der Waals surface area contributed by atoms with E-state index in [1.165, 1.54) is 16.7 Å². The van der Waals surface area contributed by atoms with Crippen LogP contribution in [0.2, 0.25) is 0 Å². The van der Waals surface area contributed by atoms with Crippen LogP contribution in [0.3, 0.4) is 0 Å². The highest BCUT2D eigenvalue weighted by Crippen LogP contribution is 2.33. The number of carbonyl (C=O) groups is 2. The molecule has 1 saturated carbocycles. The van der Waals surface area contributed by atoms with Gasteiger partial charge in [0.1, 0.15) is 5.69 Å². The van der Waals surface area contributed by atoms with Crippen LogP contribution in [0.4, 0.5) is 5.69 Å². The lowest BCUT2D eigenvalue weighted by Gasteiger charge is -2.10. The summed E-state index contributed by atoms with van der Waals surface area (Å²) < 4.78 is 1.65. The van der Waals surface area contributed by atoms with E-state index in [9.17, 15) is 14.7 Å². The second-order valence-electron chi connectivity index (χ2n) is 7.65. The fourth-order valence-corrected chi connectivity index (χ4v) is 4.80. The molecule has 7 nitrogen and oxygen atoms in total. The van der Waals surface area contributed by atoms with Crippen LogP contribution >= 0.6 is 11.3 Å². The number of benzene rings is 2. The molecule has 2 heterocycles. The Bertz CT molecular complexity index is 1270. The van der Waals surface area contributed by atoms with Crippen molar-refractivity contribution in [2.75, 3.05) is 5.32 Å². The zero-order valence-corrected chi connectivity index (χ0v) is 17.4. The third kappa shape index (κ3) is 3.70. The van der Waals surface area contributed by atoms with Crippen molar-refractivity contribution >= 4 is 39.8 Å². The molecule has 0 unspecified atom stereocenters. The van der Waals surface area contributed by atoms with Gasteiger partial charge in [-0.3, -0.25) is 4.79 Å². The molecule has 1 amide bonds. The number of nitrogens with one attached hydrogen (secondary N) is 1. The monoisotopic (exact) mass is 432 g/mol.